The number of amides is 1. The third kappa shape index (κ3) is 2.84. The number of piperazine rings is 1. The molecule has 8 heteroatoms. The number of anilines is 1. The molecule has 24 heavy (non-hydrogen) atoms. The molecule has 1 aromatic carbocycles. The molecule has 1 saturated heterocycles. The van der Waals surface area contributed by atoms with Crippen molar-refractivity contribution in [2.24, 2.45) is 0 Å². The predicted molar refractivity (Wildman–Crippen MR) is 93.2 cm³/mol. The van der Waals surface area contributed by atoms with Crippen molar-refractivity contribution in [3.63, 3.8) is 0 Å². The zero-order chi connectivity index (χ0) is 16.5. The van der Waals surface area contributed by atoms with Crippen LogP contribution in [0.1, 0.15) is 5.82 Å². The lowest BCUT2D eigenvalue weighted by molar-refractivity contribution is -0.132. The van der Waals surface area contributed by atoms with Crippen molar-refractivity contribution < 1.29 is 4.79 Å². The Hall–Kier alpha value is -2.48. The van der Waals surface area contributed by atoms with E-state index in [-0.39, 0.29) is 12.5 Å². The second-order valence-electron chi connectivity index (χ2n) is 5.85. The van der Waals surface area contributed by atoms with Gasteiger partial charge in [-0.3, -0.25) is 9.48 Å². The molecule has 0 aliphatic carbocycles. The number of fused-ring (bicyclic) bond motifs is 1. The molecule has 3 heterocycles. The first kappa shape index (κ1) is 15.1. The molecule has 4 rings (SSSR count). The minimum atomic E-state index is 0.108. The Morgan fingerprint density at radius 2 is 2.00 bits per heavy atom. The second kappa shape index (κ2) is 6.20. The van der Waals surface area contributed by atoms with Crippen LogP contribution in [0.15, 0.2) is 30.5 Å². The molecule has 0 radical (unpaired) electrons. The molecular weight excluding hydrogens is 324 g/mol. The second-order valence-corrected chi connectivity index (χ2v) is 6.58. The fraction of sp³-hybridized carbons (Fsp3) is 0.375. The maximum absolute atomic E-state index is 12.6. The van der Waals surface area contributed by atoms with Crippen LogP contribution in [0.2, 0.25) is 0 Å². The highest BCUT2D eigenvalue weighted by molar-refractivity contribution is 7.09. The van der Waals surface area contributed by atoms with Crippen molar-refractivity contribution in [1.82, 2.24) is 24.0 Å². The Morgan fingerprint density at radius 1 is 1.21 bits per heavy atom. The standard InChI is InChI=1S/C16H18N6OS/c1-12-18-16(24-19-12)21-8-6-20(7-9-21)15(23)11-22-14-5-3-2-4-13(14)10-17-22/h2-5,10H,6-9,11H2,1H3. The van der Waals surface area contributed by atoms with E-state index in [9.17, 15) is 4.79 Å². The number of nitrogens with zero attached hydrogens (tertiary/aromatic N) is 6. The largest absolute Gasteiger partial charge is 0.343 e. The Morgan fingerprint density at radius 3 is 2.75 bits per heavy atom. The molecule has 3 aromatic rings. The molecule has 1 amide bonds. The SMILES string of the molecule is Cc1nsc(N2CCN(C(=O)Cn3ncc4ccccc43)CC2)n1. The summed E-state index contributed by atoms with van der Waals surface area (Å²) in [5.74, 6) is 0.913. The highest BCUT2D eigenvalue weighted by Crippen LogP contribution is 2.19. The topological polar surface area (TPSA) is 67.2 Å². The van der Waals surface area contributed by atoms with Gasteiger partial charge in [-0.1, -0.05) is 18.2 Å². The molecule has 124 valence electrons. The molecular formula is C16H18N6OS. The molecule has 1 aliphatic rings. The summed E-state index contributed by atoms with van der Waals surface area (Å²) in [6.45, 7) is 5.17. The number of benzene rings is 1. The Kier molecular flexibility index (Phi) is 3.89. The molecule has 1 fully saturated rings. The number of rotatable bonds is 3. The van der Waals surface area contributed by atoms with Crippen LogP contribution in [-0.2, 0) is 11.3 Å². The van der Waals surface area contributed by atoms with Gasteiger partial charge in [0.25, 0.3) is 0 Å². The van der Waals surface area contributed by atoms with Crippen LogP contribution < -0.4 is 4.90 Å². The fourth-order valence-corrected chi connectivity index (χ4v) is 3.67. The summed E-state index contributed by atoms with van der Waals surface area (Å²) in [6.07, 6.45) is 1.80. The van der Waals surface area contributed by atoms with E-state index in [0.29, 0.717) is 13.1 Å². The average molecular weight is 342 g/mol. The maximum Gasteiger partial charge on any atom is 0.244 e. The average Bonchev–Trinajstić information content (AvgIpc) is 3.22. The van der Waals surface area contributed by atoms with Gasteiger partial charge in [0, 0.05) is 43.1 Å². The third-order valence-corrected chi connectivity index (χ3v) is 5.12. The van der Waals surface area contributed by atoms with Crippen LogP contribution in [-0.4, -0.2) is 56.1 Å². The Labute approximate surface area is 143 Å². The minimum absolute atomic E-state index is 0.108. The molecule has 0 bridgehead atoms. The van der Waals surface area contributed by atoms with Crippen LogP contribution in [0.25, 0.3) is 10.9 Å². The van der Waals surface area contributed by atoms with Crippen LogP contribution in [0.4, 0.5) is 5.13 Å². The van der Waals surface area contributed by atoms with E-state index >= 15 is 0 Å². The van der Waals surface area contributed by atoms with E-state index in [4.69, 9.17) is 0 Å². The van der Waals surface area contributed by atoms with Crippen molar-refractivity contribution in [3.8, 4) is 0 Å². The summed E-state index contributed by atoms with van der Waals surface area (Å²) in [6, 6.07) is 7.94. The first-order chi connectivity index (χ1) is 11.7. The Balaban J connectivity index is 1.39. The molecule has 0 spiro atoms. The molecule has 0 saturated carbocycles. The number of aryl methyl sites for hydroxylation is 1. The Bertz CT molecular complexity index is 864. The quantitative estimate of drug-likeness (QED) is 0.722. The summed E-state index contributed by atoms with van der Waals surface area (Å²) in [7, 11) is 0. The number of carbonyl (C=O) groups excluding carboxylic acids is 1. The minimum Gasteiger partial charge on any atom is -0.343 e. The van der Waals surface area contributed by atoms with Gasteiger partial charge < -0.3 is 9.80 Å². The first-order valence-corrected chi connectivity index (χ1v) is 8.71. The van der Waals surface area contributed by atoms with Gasteiger partial charge in [-0.15, -0.1) is 0 Å². The van der Waals surface area contributed by atoms with Crippen LogP contribution in [0.3, 0.4) is 0 Å². The van der Waals surface area contributed by atoms with Gasteiger partial charge in [0.05, 0.1) is 11.7 Å². The first-order valence-electron chi connectivity index (χ1n) is 7.94. The van der Waals surface area contributed by atoms with Crippen molar-refractivity contribution >= 4 is 33.5 Å². The van der Waals surface area contributed by atoms with E-state index in [1.54, 1.807) is 10.9 Å². The highest BCUT2D eigenvalue weighted by atomic mass is 32.1. The summed E-state index contributed by atoms with van der Waals surface area (Å²) < 4.78 is 6.00. The number of carbonyl (C=O) groups is 1. The third-order valence-electron chi connectivity index (χ3n) is 4.26. The normalized spacial score (nSPS) is 15.2. The molecule has 0 N–H and O–H groups in total. The van der Waals surface area contributed by atoms with Gasteiger partial charge >= 0.3 is 0 Å². The van der Waals surface area contributed by atoms with E-state index in [0.717, 1.165) is 34.9 Å². The van der Waals surface area contributed by atoms with E-state index < -0.39 is 0 Å². The van der Waals surface area contributed by atoms with Crippen LogP contribution in [0.5, 0.6) is 0 Å². The summed E-state index contributed by atoms with van der Waals surface area (Å²) in [5, 5.41) is 6.34. The predicted octanol–water partition coefficient (Wildman–Crippen LogP) is 1.55. The van der Waals surface area contributed by atoms with Gasteiger partial charge in [0.1, 0.15) is 12.4 Å². The van der Waals surface area contributed by atoms with Crippen LogP contribution in [0, 0.1) is 6.92 Å². The lowest BCUT2D eigenvalue weighted by Crippen LogP contribution is -2.49. The van der Waals surface area contributed by atoms with Gasteiger partial charge in [0.15, 0.2) is 0 Å². The van der Waals surface area contributed by atoms with Crippen LogP contribution >= 0.6 is 11.5 Å². The van der Waals surface area contributed by atoms with E-state index in [2.05, 4.69) is 19.4 Å². The highest BCUT2D eigenvalue weighted by Gasteiger charge is 2.23. The lowest BCUT2D eigenvalue weighted by Gasteiger charge is -2.34. The molecule has 2 aromatic heterocycles. The number of para-hydroxylation sites is 1. The lowest BCUT2D eigenvalue weighted by atomic mass is 10.2. The van der Waals surface area contributed by atoms with E-state index in [1.807, 2.05) is 36.1 Å². The number of aromatic nitrogens is 4. The maximum atomic E-state index is 12.6. The van der Waals surface area contributed by atoms with Crippen molar-refractivity contribution in [1.29, 1.82) is 0 Å². The molecule has 0 atom stereocenters. The van der Waals surface area contributed by atoms with E-state index in [1.165, 1.54) is 11.5 Å². The molecule has 0 unspecified atom stereocenters. The van der Waals surface area contributed by atoms with Gasteiger partial charge in [-0.05, 0) is 13.0 Å². The summed E-state index contributed by atoms with van der Waals surface area (Å²) in [4.78, 5) is 21.1. The van der Waals surface area contributed by atoms with Gasteiger partial charge in [-0.2, -0.15) is 9.47 Å². The summed E-state index contributed by atoms with van der Waals surface area (Å²) in [5.41, 5.74) is 0.994. The monoisotopic (exact) mass is 342 g/mol. The van der Waals surface area contributed by atoms with Crippen molar-refractivity contribution in [2.75, 3.05) is 31.1 Å². The van der Waals surface area contributed by atoms with Gasteiger partial charge in [-0.25, -0.2) is 4.98 Å². The zero-order valence-corrected chi connectivity index (χ0v) is 14.2. The molecule has 1 aliphatic heterocycles. The molecule has 7 nitrogen and oxygen atoms in total. The fourth-order valence-electron chi connectivity index (χ4n) is 2.94. The summed E-state index contributed by atoms with van der Waals surface area (Å²) >= 11 is 1.42. The van der Waals surface area contributed by atoms with Crippen molar-refractivity contribution in [3.05, 3.63) is 36.3 Å². The zero-order valence-electron chi connectivity index (χ0n) is 13.4. The van der Waals surface area contributed by atoms with Crippen molar-refractivity contribution in [2.45, 2.75) is 13.5 Å². The number of hydrogen-bond donors (Lipinski definition) is 0. The van der Waals surface area contributed by atoms with Gasteiger partial charge in [0.2, 0.25) is 11.0 Å². The number of hydrogen-bond acceptors (Lipinski definition) is 6. The smallest absolute Gasteiger partial charge is 0.244 e.